The van der Waals surface area contributed by atoms with Crippen LogP contribution >= 0.6 is 0 Å². The summed E-state index contributed by atoms with van der Waals surface area (Å²) in [6.07, 6.45) is 4.58. The molecule has 25 heavy (non-hydrogen) atoms. The summed E-state index contributed by atoms with van der Waals surface area (Å²) in [4.78, 5) is 2.62. The van der Waals surface area contributed by atoms with Gasteiger partial charge < -0.3 is 0 Å². The highest BCUT2D eigenvalue weighted by Gasteiger charge is 2.44. The smallest absolute Gasteiger partial charge is 0.281 e. The number of fused-ring (bicyclic) bond motifs is 2. The maximum Gasteiger partial charge on any atom is 0.281 e. The summed E-state index contributed by atoms with van der Waals surface area (Å²) in [7, 11) is -0.0660. The van der Waals surface area contributed by atoms with Crippen LogP contribution in [0.4, 0.5) is 0 Å². The maximum atomic E-state index is 12.5. The van der Waals surface area contributed by atoms with Crippen molar-refractivity contribution in [1.29, 1.82) is 0 Å². The number of nitrogens with zero attached hydrogens (tertiary/aromatic N) is 3. The average molecular weight is 364 g/mol. The summed E-state index contributed by atoms with van der Waals surface area (Å²) in [5.41, 5.74) is 3.02. The Balaban J connectivity index is 1.58. The van der Waals surface area contributed by atoms with E-state index in [4.69, 9.17) is 0 Å². The van der Waals surface area contributed by atoms with Gasteiger partial charge in [0.15, 0.2) is 0 Å². The van der Waals surface area contributed by atoms with Gasteiger partial charge in [0.05, 0.1) is 0 Å². The molecule has 1 aromatic carbocycles. The molecule has 3 aliphatic rings. The Morgan fingerprint density at radius 1 is 1.16 bits per heavy atom. The molecule has 2 aliphatic heterocycles. The first-order valence-electron chi connectivity index (χ1n) is 9.39. The van der Waals surface area contributed by atoms with E-state index >= 15 is 0 Å². The van der Waals surface area contributed by atoms with E-state index in [9.17, 15) is 8.42 Å². The zero-order valence-corrected chi connectivity index (χ0v) is 16.1. The predicted octanol–water partition coefficient (Wildman–Crippen LogP) is 2.05. The van der Waals surface area contributed by atoms with Crippen LogP contribution in [0, 0.1) is 5.92 Å². The van der Waals surface area contributed by atoms with Crippen molar-refractivity contribution in [1.82, 2.24) is 13.5 Å². The van der Waals surface area contributed by atoms with Crippen LogP contribution in [0.1, 0.15) is 36.8 Å². The summed E-state index contributed by atoms with van der Waals surface area (Å²) in [6.45, 7) is 4.57. The van der Waals surface area contributed by atoms with Gasteiger partial charge in [-0.05, 0) is 42.7 Å². The van der Waals surface area contributed by atoms with Crippen LogP contribution in [0.5, 0.6) is 0 Å². The average Bonchev–Trinajstić information content (AvgIpc) is 3.39. The van der Waals surface area contributed by atoms with E-state index in [-0.39, 0.29) is 5.41 Å². The zero-order chi connectivity index (χ0) is 17.7. The first-order chi connectivity index (χ1) is 11.9. The second kappa shape index (κ2) is 6.34. The number of rotatable bonds is 4. The lowest BCUT2D eigenvalue weighted by atomic mass is 9.69. The fourth-order valence-electron chi connectivity index (χ4n) is 4.58. The molecule has 2 heterocycles. The third-order valence-electron chi connectivity index (χ3n) is 6.19. The second-order valence-electron chi connectivity index (χ2n) is 8.24. The van der Waals surface area contributed by atoms with E-state index in [2.05, 4.69) is 29.2 Å². The number of benzene rings is 1. The Bertz CT molecular complexity index is 735. The Hall–Kier alpha value is -0.950. The van der Waals surface area contributed by atoms with Gasteiger partial charge in [-0.3, -0.25) is 4.90 Å². The van der Waals surface area contributed by atoms with Crippen LogP contribution in [0.2, 0.25) is 0 Å². The van der Waals surface area contributed by atoms with Crippen molar-refractivity contribution >= 4 is 10.2 Å². The van der Waals surface area contributed by atoms with Gasteiger partial charge in [-0.15, -0.1) is 0 Å². The SMILES string of the molecule is CN(C)S(=O)(=O)N1CCC2(CC1)CN(CC1CC1)Cc1ccccc12. The molecule has 0 atom stereocenters. The highest BCUT2D eigenvalue weighted by Crippen LogP contribution is 2.43. The molecule has 1 aromatic rings. The largest absolute Gasteiger partial charge is 0.298 e. The first-order valence-corrected chi connectivity index (χ1v) is 10.8. The van der Waals surface area contributed by atoms with Gasteiger partial charge in [-0.2, -0.15) is 17.0 Å². The van der Waals surface area contributed by atoms with Crippen molar-refractivity contribution in [2.24, 2.45) is 5.92 Å². The number of hydrogen-bond acceptors (Lipinski definition) is 3. The Morgan fingerprint density at radius 2 is 1.84 bits per heavy atom. The minimum atomic E-state index is -3.30. The minimum absolute atomic E-state index is 0.113. The highest BCUT2D eigenvalue weighted by molar-refractivity contribution is 7.86. The molecular formula is C19H29N3O2S. The van der Waals surface area contributed by atoms with E-state index in [1.165, 1.54) is 34.8 Å². The molecular weight excluding hydrogens is 334 g/mol. The van der Waals surface area contributed by atoms with Gasteiger partial charge in [-0.1, -0.05) is 24.3 Å². The quantitative estimate of drug-likeness (QED) is 0.822. The molecule has 0 radical (unpaired) electrons. The van der Waals surface area contributed by atoms with Crippen molar-refractivity contribution in [3.8, 4) is 0 Å². The van der Waals surface area contributed by atoms with E-state index < -0.39 is 10.2 Å². The van der Waals surface area contributed by atoms with Crippen LogP contribution in [0.15, 0.2) is 24.3 Å². The van der Waals surface area contributed by atoms with Crippen LogP contribution in [0.25, 0.3) is 0 Å². The Labute approximate surface area is 151 Å². The van der Waals surface area contributed by atoms with Crippen LogP contribution < -0.4 is 0 Å². The normalized spacial score (nSPS) is 24.6. The molecule has 1 saturated carbocycles. The molecule has 0 amide bonds. The molecule has 138 valence electrons. The van der Waals surface area contributed by atoms with E-state index in [1.54, 1.807) is 18.4 Å². The van der Waals surface area contributed by atoms with Crippen LogP contribution in [-0.4, -0.2) is 62.2 Å². The van der Waals surface area contributed by atoms with Crippen molar-refractivity contribution < 1.29 is 8.42 Å². The van der Waals surface area contributed by atoms with Crippen LogP contribution in [-0.2, 0) is 22.2 Å². The number of hydrogen-bond donors (Lipinski definition) is 0. The van der Waals surface area contributed by atoms with Gasteiger partial charge in [-0.25, -0.2) is 0 Å². The Morgan fingerprint density at radius 3 is 2.48 bits per heavy atom. The lowest BCUT2D eigenvalue weighted by Gasteiger charge is -2.48. The van der Waals surface area contributed by atoms with Crippen molar-refractivity contribution in [3.05, 3.63) is 35.4 Å². The maximum absolute atomic E-state index is 12.5. The van der Waals surface area contributed by atoms with E-state index in [0.717, 1.165) is 31.8 Å². The summed E-state index contributed by atoms with van der Waals surface area (Å²) >= 11 is 0. The van der Waals surface area contributed by atoms with Crippen molar-refractivity contribution in [3.63, 3.8) is 0 Å². The van der Waals surface area contributed by atoms with Gasteiger partial charge in [0.1, 0.15) is 0 Å². The monoisotopic (exact) mass is 363 g/mol. The number of piperidine rings is 1. The summed E-state index contributed by atoms with van der Waals surface area (Å²) in [5.74, 6) is 0.886. The molecule has 5 nitrogen and oxygen atoms in total. The standard InChI is InChI=1S/C19H29N3O2S/c1-20(2)25(23,24)22-11-9-19(10-12-22)15-21(13-16-7-8-16)14-17-5-3-4-6-18(17)19/h3-6,16H,7-15H2,1-2H3. The van der Waals surface area contributed by atoms with E-state index in [0.29, 0.717) is 13.1 Å². The molecule has 0 N–H and O–H groups in total. The van der Waals surface area contributed by atoms with Gasteiger partial charge in [0, 0.05) is 52.2 Å². The van der Waals surface area contributed by atoms with Crippen molar-refractivity contribution in [2.45, 2.75) is 37.6 Å². The molecule has 4 rings (SSSR count). The molecule has 1 saturated heterocycles. The lowest BCUT2D eigenvalue weighted by molar-refractivity contribution is 0.121. The zero-order valence-electron chi connectivity index (χ0n) is 15.3. The fourth-order valence-corrected chi connectivity index (χ4v) is 5.69. The van der Waals surface area contributed by atoms with E-state index in [1.807, 2.05) is 0 Å². The third kappa shape index (κ3) is 3.25. The predicted molar refractivity (Wildman–Crippen MR) is 99.5 cm³/mol. The fraction of sp³-hybridized carbons (Fsp3) is 0.684. The lowest BCUT2D eigenvalue weighted by Crippen LogP contribution is -2.54. The highest BCUT2D eigenvalue weighted by atomic mass is 32.2. The van der Waals surface area contributed by atoms with Crippen molar-refractivity contribution in [2.75, 3.05) is 40.3 Å². The molecule has 2 fully saturated rings. The third-order valence-corrected chi connectivity index (χ3v) is 8.13. The van der Waals surface area contributed by atoms with Gasteiger partial charge >= 0.3 is 0 Å². The summed E-state index contributed by atoms with van der Waals surface area (Å²) in [6, 6.07) is 8.82. The second-order valence-corrected chi connectivity index (χ2v) is 10.4. The molecule has 0 unspecified atom stereocenters. The van der Waals surface area contributed by atoms with Gasteiger partial charge in [0.2, 0.25) is 0 Å². The molecule has 1 spiro atoms. The first kappa shape index (κ1) is 17.5. The summed E-state index contributed by atoms with van der Waals surface area (Å²) in [5, 5.41) is 0. The Kier molecular flexibility index (Phi) is 4.43. The molecule has 0 aromatic heterocycles. The molecule has 0 bridgehead atoms. The molecule has 1 aliphatic carbocycles. The van der Waals surface area contributed by atoms with Gasteiger partial charge in [0.25, 0.3) is 10.2 Å². The molecule has 6 heteroatoms. The summed E-state index contributed by atoms with van der Waals surface area (Å²) < 4.78 is 27.9. The van der Waals surface area contributed by atoms with Crippen LogP contribution in [0.3, 0.4) is 0 Å². The minimum Gasteiger partial charge on any atom is -0.298 e. The topological polar surface area (TPSA) is 43.9 Å².